The Bertz CT molecular complexity index is 575. The number of fused-ring (bicyclic) bond motifs is 1. The van der Waals surface area contributed by atoms with Crippen molar-refractivity contribution < 1.29 is 9.94 Å². The second kappa shape index (κ2) is 6.24. The Morgan fingerprint density at radius 3 is 3.00 bits per heavy atom. The van der Waals surface area contributed by atoms with Crippen LogP contribution in [-0.2, 0) is 11.3 Å². The summed E-state index contributed by atoms with van der Waals surface area (Å²) in [4.78, 5) is 0. The van der Waals surface area contributed by atoms with E-state index in [1.165, 1.54) is 0 Å². The highest BCUT2D eigenvalue weighted by atomic mass is 16.5. The maximum Gasteiger partial charge on any atom is 0.170 e. The summed E-state index contributed by atoms with van der Waals surface area (Å²) in [6.45, 7) is 4.40. The molecule has 1 heterocycles. The van der Waals surface area contributed by atoms with Gasteiger partial charge in [0, 0.05) is 37.0 Å². The van der Waals surface area contributed by atoms with Gasteiger partial charge in [-0.15, -0.1) is 0 Å². The summed E-state index contributed by atoms with van der Waals surface area (Å²) in [6.07, 6.45) is 3.01. The lowest BCUT2D eigenvalue weighted by Gasteiger charge is -2.07. The highest BCUT2D eigenvalue weighted by Crippen LogP contribution is 2.18. The molecule has 0 bridgehead atoms. The second-order valence-corrected chi connectivity index (χ2v) is 4.32. The Labute approximate surface area is 112 Å². The van der Waals surface area contributed by atoms with Crippen LogP contribution in [0, 0.1) is 0 Å². The SMILES string of the molecule is CCOCCCn1ccc2ccc(/C(N)=N/O)cc21. The lowest BCUT2D eigenvalue weighted by Crippen LogP contribution is -2.13. The van der Waals surface area contributed by atoms with Gasteiger partial charge in [0.25, 0.3) is 0 Å². The molecule has 0 spiro atoms. The minimum absolute atomic E-state index is 0.129. The molecule has 2 aromatic rings. The maximum atomic E-state index is 8.72. The summed E-state index contributed by atoms with van der Waals surface area (Å²) < 4.78 is 7.49. The van der Waals surface area contributed by atoms with E-state index in [0.717, 1.165) is 42.6 Å². The predicted octanol–water partition coefficient (Wildman–Crippen LogP) is 2.16. The van der Waals surface area contributed by atoms with Gasteiger partial charge in [-0.25, -0.2) is 0 Å². The van der Waals surface area contributed by atoms with Crippen LogP contribution in [0.15, 0.2) is 35.6 Å². The molecule has 0 unspecified atom stereocenters. The zero-order chi connectivity index (χ0) is 13.7. The van der Waals surface area contributed by atoms with Crippen LogP contribution in [0.2, 0.25) is 0 Å². The normalized spacial score (nSPS) is 12.2. The summed E-state index contributed by atoms with van der Waals surface area (Å²) in [7, 11) is 0. The van der Waals surface area contributed by atoms with Crippen LogP contribution < -0.4 is 5.73 Å². The van der Waals surface area contributed by atoms with Gasteiger partial charge in [0.1, 0.15) is 0 Å². The number of ether oxygens (including phenoxy) is 1. The summed E-state index contributed by atoms with van der Waals surface area (Å²) in [6, 6.07) is 7.82. The monoisotopic (exact) mass is 261 g/mol. The van der Waals surface area contributed by atoms with Crippen molar-refractivity contribution in [2.24, 2.45) is 10.9 Å². The molecule has 1 aromatic heterocycles. The first kappa shape index (κ1) is 13.4. The first-order valence-electron chi connectivity index (χ1n) is 6.40. The molecule has 0 amide bonds. The third-order valence-electron chi connectivity index (χ3n) is 3.07. The molecule has 0 fully saturated rings. The molecule has 0 radical (unpaired) electrons. The minimum Gasteiger partial charge on any atom is -0.409 e. The third kappa shape index (κ3) is 3.06. The van der Waals surface area contributed by atoms with E-state index in [2.05, 4.69) is 15.8 Å². The van der Waals surface area contributed by atoms with Crippen molar-refractivity contribution in [3.05, 3.63) is 36.0 Å². The summed E-state index contributed by atoms with van der Waals surface area (Å²) in [5.41, 5.74) is 7.42. The van der Waals surface area contributed by atoms with Crippen LogP contribution in [0.1, 0.15) is 18.9 Å². The van der Waals surface area contributed by atoms with Crippen molar-refractivity contribution in [3.63, 3.8) is 0 Å². The van der Waals surface area contributed by atoms with E-state index in [9.17, 15) is 0 Å². The molecule has 0 aliphatic rings. The fraction of sp³-hybridized carbons (Fsp3) is 0.357. The zero-order valence-electron chi connectivity index (χ0n) is 11.0. The lowest BCUT2D eigenvalue weighted by molar-refractivity contribution is 0.142. The number of rotatable bonds is 6. The summed E-state index contributed by atoms with van der Waals surface area (Å²) >= 11 is 0. The first-order chi connectivity index (χ1) is 9.26. The van der Waals surface area contributed by atoms with Gasteiger partial charge in [-0.1, -0.05) is 17.3 Å². The van der Waals surface area contributed by atoms with Gasteiger partial charge in [0.05, 0.1) is 0 Å². The number of hydrogen-bond acceptors (Lipinski definition) is 3. The molecule has 0 aliphatic carbocycles. The summed E-state index contributed by atoms with van der Waals surface area (Å²) in [5, 5.41) is 12.9. The van der Waals surface area contributed by atoms with Crippen molar-refractivity contribution in [1.82, 2.24) is 4.57 Å². The fourth-order valence-corrected chi connectivity index (χ4v) is 2.08. The van der Waals surface area contributed by atoms with Gasteiger partial charge in [0.15, 0.2) is 5.84 Å². The van der Waals surface area contributed by atoms with E-state index >= 15 is 0 Å². The van der Waals surface area contributed by atoms with Crippen molar-refractivity contribution in [2.75, 3.05) is 13.2 Å². The Balaban J connectivity index is 2.20. The van der Waals surface area contributed by atoms with Gasteiger partial charge >= 0.3 is 0 Å². The van der Waals surface area contributed by atoms with Crippen molar-refractivity contribution in [1.29, 1.82) is 0 Å². The molecular formula is C14H19N3O2. The van der Waals surface area contributed by atoms with Crippen LogP contribution in [-0.4, -0.2) is 28.8 Å². The van der Waals surface area contributed by atoms with E-state index in [-0.39, 0.29) is 5.84 Å². The van der Waals surface area contributed by atoms with E-state index < -0.39 is 0 Å². The molecular weight excluding hydrogens is 242 g/mol. The second-order valence-electron chi connectivity index (χ2n) is 4.32. The Morgan fingerprint density at radius 2 is 2.26 bits per heavy atom. The summed E-state index contributed by atoms with van der Waals surface area (Å²) in [5.74, 6) is 0.129. The van der Waals surface area contributed by atoms with Crippen LogP contribution in [0.25, 0.3) is 10.9 Å². The van der Waals surface area contributed by atoms with E-state index in [4.69, 9.17) is 15.7 Å². The van der Waals surface area contributed by atoms with E-state index in [1.54, 1.807) is 0 Å². The van der Waals surface area contributed by atoms with Crippen molar-refractivity contribution in [3.8, 4) is 0 Å². The number of hydrogen-bond donors (Lipinski definition) is 2. The molecule has 2 rings (SSSR count). The highest BCUT2D eigenvalue weighted by Gasteiger charge is 2.05. The lowest BCUT2D eigenvalue weighted by atomic mass is 10.1. The number of amidine groups is 1. The van der Waals surface area contributed by atoms with E-state index in [1.807, 2.05) is 31.3 Å². The topological polar surface area (TPSA) is 72.8 Å². The molecule has 0 saturated heterocycles. The van der Waals surface area contributed by atoms with Crippen LogP contribution in [0.5, 0.6) is 0 Å². The number of nitrogens with two attached hydrogens (primary N) is 1. The maximum absolute atomic E-state index is 8.72. The molecule has 0 atom stereocenters. The molecule has 0 saturated carbocycles. The number of nitrogens with zero attached hydrogens (tertiary/aromatic N) is 2. The van der Waals surface area contributed by atoms with Crippen LogP contribution >= 0.6 is 0 Å². The standard InChI is InChI=1S/C14H19N3O2/c1-2-19-9-3-7-17-8-6-11-4-5-12(10-13(11)17)14(15)16-18/h4-6,8,10,18H,2-3,7,9H2,1H3,(H2,15,16). The molecule has 5 nitrogen and oxygen atoms in total. The molecule has 5 heteroatoms. The van der Waals surface area contributed by atoms with Crippen molar-refractivity contribution in [2.45, 2.75) is 19.9 Å². The first-order valence-corrected chi connectivity index (χ1v) is 6.40. The average Bonchev–Trinajstić information content (AvgIpc) is 2.85. The number of oxime groups is 1. The minimum atomic E-state index is 0.129. The zero-order valence-corrected chi connectivity index (χ0v) is 11.0. The largest absolute Gasteiger partial charge is 0.409 e. The number of aromatic nitrogens is 1. The van der Waals surface area contributed by atoms with Crippen molar-refractivity contribution >= 4 is 16.7 Å². The Kier molecular flexibility index (Phi) is 4.41. The third-order valence-corrected chi connectivity index (χ3v) is 3.07. The van der Waals surface area contributed by atoms with Gasteiger partial charge < -0.3 is 20.2 Å². The van der Waals surface area contributed by atoms with E-state index in [0.29, 0.717) is 0 Å². The van der Waals surface area contributed by atoms with Gasteiger partial charge in [0.2, 0.25) is 0 Å². The van der Waals surface area contributed by atoms with Crippen LogP contribution in [0.3, 0.4) is 0 Å². The molecule has 102 valence electrons. The molecule has 3 N–H and O–H groups in total. The molecule has 1 aromatic carbocycles. The smallest absolute Gasteiger partial charge is 0.170 e. The fourth-order valence-electron chi connectivity index (χ4n) is 2.08. The van der Waals surface area contributed by atoms with Gasteiger partial charge in [-0.05, 0) is 30.9 Å². The number of aryl methyl sites for hydroxylation is 1. The highest BCUT2D eigenvalue weighted by molar-refractivity contribution is 6.00. The number of benzene rings is 1. The van der Waals surface area contributed by atoms with Gasteiger partial charge in [-0.2, -0.15) is 0 Å². The predicted molar refractivity (Wildman–Crippen MR) is 75.6 cm³/mol. The quantitative estimate of drug-likeness (QED) is 0.275. The molecule has 19 heavy (non-hydrogen) atoms. The van der Waals surface area contributed by atoms with Crippen LogP contribution in [0.4, 0.5) is 0 Å². The Morgan fingerprint density at radius 1 is 1.42 bits per heavy atom. The molecule has 0 aliphatic heterocycles. The van der Waals surface area contributed by atoms with Gasteiger partial charge in [-0.3, -0.25) is 0 Å². The Hall–Kier alpha value is -2.01. The average molecular weight is 261 g/mol.